The normalized spacial score (nSPS) is 11.5. The zero-order valence-corrected chi connectivity index (χ0v) is 15.7. The molecule has 3 rings (SSSR count). The number of hydrogen-bond donors (Lipinski definition) is 1. The van der Waals surface area contributed by atoms with Crippen LogP contribution in [0.3, 0.4) is 0 Å². The van der Waals surface area contributed by atoms with E-state index in [9.17, 15) is 0 Å². The number of nitrogens with zero attached hydrogens (tertiary/aromatic N) is 6. The molecule has 3 heterocycles. The molecule has 0 atom stereocenters. The predicted molar refractivity (Wildman–Crippen MR) is 100 cm³/mol. The Bertz CT molecular complexity index is 860. The van der Waals surface area contributed by atoms with Crippen molar-refractivity contribution in [2.75, 3.05) is 32.6 Å². The Morgan fingerprint density at radius 2 is 2.08 bits per heavy atom. The van der Waals surface area contributed by atoms with E-state index in [-0.39, 0.29) is 0 Å². The van der Waals surface area contributed by atoms with Crippen LogP contribution in [0.25, 0.3) is 5.78 Å². The quantitative estimate of drug-likeness (QED) is 0.663. The van der Waals surface area contributed by atoms with Crippen molar-refractivity contribution >= 4 is 11.6 Å². The van der Waals surface area contributed by atoms with Crippen LogP contribution in [0.5, 0.6) is 5.88 Å². The van der Waals surface area contributed by atoms with Crippen molar-refractivity contribution in [2.45, 2.75) is 26.3 Å². The average Bonchev–Trinajstić information content (AvgIpc) is 3.08. The van der Waals surface area contributed by atoms with Crippen LogP contribution in [0.2, 0.25) is 0 Å². The van der Waals surface area contributed by atoms with Gasteiger partial charge in [-0.3, -0.25) is 0 Å². The van der Waals surface area contributed by atoms with Crippen molar-refractivity contribution in [1.29, 1.82) is 0 Å². The lowest BCUT2D eigenvalue weighted by Crippen LogP contribution is -2.19. The number of nitrogens with one attached hydrogen (secondary N) is 1. The fourth-order valence-corrected chi connectivity index (χ4v) is 2.42. The maximum Gasteiger partial charge on any atom is 0.254 e. The fraction of sp³-hybridized carbons (Fsp3) is 0.444. The van der Waals surface area contributed by atoms with Gasteiger partial charge in [0.15, 0.2) is 0 Å². The highest BCUT2D eigenvalue weighted by atomic mass is 16.5. The highest BCUT2D eigenvalue weighted by molar-refractivity contribution is 5.46. The van der Waals surface area contributed by atoms with Crippen molar-refractivity contribution in [2.24, 2.45) is 0 Å². The Hall–Kier alpha value is -2.74. The van der Waals surface area contributed by atoms with E-state index in [1.807, 2.05) is 32.3 Å². The molecule has 0 bridgehead atoms. The molecule has 0 aliphatic rings. The average molecular weight is 355 g/mol. The summed E-state index contributed by atoms with van der Waals surface area (Å²) < 4.78 is 7.41. The van der Waals surface area contributed by atoms with Crippen LogP contribution in [-0.2, 0) is 6.54 Å². The molecule has 0 aliphatic carbocycles. The SMILES string of the molecule is CC(C)c1cc(NCc2ccnc(OCCN(C)C)c2)n2ncnc2n1. The van der Waals surface area contributed by atoms with Crippen LogP contribution in [0.4, 0.5) is 5.82 Å². The number of ether oxygens (including phenoxy) is 1. The van der Waals surface area contributed by atoms with Gasteiger partial charge in [0, 0.05) is 31.4 Å². The third kappa shape index (κ3) is 4.45. The highest BCUT2D eigenvalue weighted by Crippen LogP contribution is 2.19. The van der Waals surface area contributed by atoms with Gasteiger partial charge in [-0.05, 0) is 31.6 Å². The van der Waals surface area contributed by atoms with Gasteiger partial charge in [0.2, 0.25) is 5.88 Å². The van der Waals surface area contributed by atoms with E-state index >= 15 is 0 Å². The van der Waals surface area contributed by atoms with Gasteiger partial charge in [-0.1, -0.05) is 13.8 Å². The number of hydrogen-bond acceptors (Lipinski definition) is 7. The molecule has 0 spiro atoms. The second-order valence-electron chi connectivity index (χ2n) is 6.70. The summed E-state index contributed by atoms with van der Waals surface area (Å²) >= 11 is 0. The first-order chi connectivity index (χ1) is 12.5. The Morgan fingerprint density at radius 3 is 2.85 bits per heavy atom. The first-order valence-corrected chi connectivity index (χ1v) is 8.70. The molecule has 0 fully saturated rings. The lowest BCUT2D eigenvalue weighted by molar-refractivity contribution is 0.253. The third-order valence-corrected chi connectivity index (χ3v) is 3.92. The van der Waals surface area contributed by atoms with E-state index in [1.54, 1.807) is 10.7 Å². The third-order valence-electron chi connectivity index (χ3n) is 3.92. The minimum atomic E-state index is 0.315. The molecular weight excluding hydrogens is 330 g/mol. The zero-order valence-electron chi connectivity index (χ0n) is 15.7. The van der Waals surface area contributed by atoms with Crippen LogP contribution in [0.1, 0.15) is 31.0 Å². The molecule has 0 amide bonds. The molecule has 0 aromatic carbocycles. The standard InChI is InChI=1S/C18H25N7O/c1-13(2)15-10-16(25-18(23-15)21-12-22-25)20-11-14-5-6-19-17(9-14)26-8-7-24(3)4/h5-6,9-10,12-13,20H,7-8,11H2,1-4H3. The highest BCUT2D eigenvalue weighted by Gasteiger charge is 2.10. The number of rotatable bonds is 8. The molecule has 8 nitrogen and oxygen atoms in total. The van der Waals surface area contributed by atoms with Gasteiger partial charge >= 0.3 is 0 Å². The van der Waals surface area contributed by atoms with Crippen molar-refractivity contribution in [3.8, 4) is 5.88 Å². The van der Waals surface area contributed by atoms with Crippen molar-refractivity contribution < 1.29 is 4.74 Å². The number of likely N-dealkylation sites (N-methyl/N-ethyl adjacent to an activating group) is 1. The van der Waals surface area contributed by atoms with Gasteiger partial charge < -0.3 is 15.0 Å². The summed E-state index contributed by atoms with van der Waals surface area (Å²) in [5.41, 5.74) is 2.06. The van der Waals surface area contributed by atoms with E-state index in [4.69, 9.17) is 4.74 Å². The molecule has 0 unspecified atom stereocenters. The molecule has 26 heavy (non-hydrogen) atoms. The molecule has 0 saturated carbocycles. The predicted octanol–water partition coefficient (Wildman–Crippen LogP) is 2.20. The summed E-state index contributed by atoms with van der Waals surface area (Å²) in [5.74, 6) is 2.41. The van der Waals surface area contributed by atoms with E-state index < -0.39 is 0 Å². The summed E-state index contributed by atoms with van der Waals surface area (Å²) in [7, 11) is 4.03. The van der Waals surface area contributed by atoms with E-state index in [0.717, 1.165) is 23.6 Å². The minimum Gasteiger partial charge on any atom is -0.476 e. The second-order valence-corrected chi connectivity index (χ2v) is 6.70. The molecule has 8 heteroatoms. The maximum absolute atomic E-state index is 5.70. The Kier molecular flexibility index (Phi) is 5.62. The summed E-state index contributed by atoms with van der Waals surface area (Å²) in [5, 5.41) is 7.66. The van der Waals surface area contributed by atoms with E-state index in [2.05, 4.69) is 44.1 Å². The monoisotopic (exact) mass is 355 g/mol. The summed E-state index contributed by atoms with van der Waals surface area (Å²) in [6.45, 7) is 6.31. The largest absolute Gasteiger partial charge is 0.476 e. The summed E-state index contributed by atoms with van der Waals surface area (Å²) in [4.78, 5) is 15.1. The summed E-state index contributed by atoms with van der Waals surface area (Å²) in [6, 6.07) is 5.93. The van der Waals surface area contributed by atoms with Gasteiger partial charge in [0.1, 0.15) is 18.8 Å². The first kappa shape index (κ1) is 18.1. The van der Waals surface area contributed by atoms with Crippen molar-refractivity contribution in [1.82, 2.24) is 29.5 Å². The van der Waals surface area contributed by atoms with Gasteiger partial charge in [0.25, 0.3) is 5.78 Å². The van der Waals surface area contributed by atoms with Crippen molar-refractivity contribution in [3.63, 3.8) is 0 Å². The molecule has 138 valence electrons. The molecular formula is C18H25N7O. The molecule has 3 aromatic heterocycles. The zero-order chi connectivity index (χ0) is 18.5. The van der Waals surface area contributed by atoms with E-state index in [1.165, 1.54) is 6.33 Å². The van der Waals surface area contributed by atoms with Gasteiger partial charge in [-0.25, -0.2) is 9.97 Å². The molecule has 0 aliphatic heterocycles. The van der Waals surface area contributed by atoms with Crippen LogP contribution < -0.4 is 10.1 Å². The van der Waals surface area contributed by atoms with Crippen LogP contribution in [-0.4, -0.2) is 56.7 Å². The van der Waals surface area contributed by atoms with Gasteiger partial charge in [0.05, 0.1) is 5.69 Å². The maximum atomic E-state index is 5.70. The first-order valence-electron chi connectivity index (χ1n) is 8.70. The smallest absolute Gasteiger partial charge is 0.254 e. The number of pyridine rings is 1. The topological polar surface area (TPSA) is 80.5 Å². The molecule has 0 saturated heterocycles. The second kappa shape index (κ2) is 8.09. The molecule has 0 radical (unpaired) electrons. The molecule has 1 N–H and O–H groups in total. The number of anilines is 1. The van der Waals surface area contributed by atoms with Crippen molar-refractivity contribution in [3.05, 3.63) is 42.0 Å². The summed E-state index contributed by atoms with van der Waals surface area (Å²) in [6.07, 6.45) is 3.28. The minimum absolute atomic E-state index is 0.315. The van der Waals surface area contributed by atoms with Gasteiger partial charge in [-0.15, -0.1) is 0 Å². The van der Waals surface area contributed by atoms with Crippen LogP contribution in [0, 0.1) is 0 Å². The number of fused-ring (bicyclic) bond motifs is 1. The number of aromatic nitrogens is 5. The van der Waals surface area contributed by atoms with Crippen LogP contribution in [0.15, 0.2) is 30.7 Å². The lowest BCUT2D eigenvalue weighted by Gasteiger charge is -2.13. The van der Waals surface area contributed by atoms with Crippen LogP contribution >= 0.6 is 0 Å². The Labute approximate surface area is 153 Å². The Morgan fingerprint density at radius 1 is 1.23 bits per heavy atom. The van der Waals surface area contributed by atoms with E-state index in [0.29, 0.717) is 30.7 Å². The lowest BCUT2D eigenvalue weighted by atomic mass is 10.1. The molecule has 3 aromatic rings. The van der Waals surface area contributed by atoms with Gasteiger partial charge in [-0.2, -0.15) is 14.6 Å². The fourth-order valence-electron chi connectivity index (χ4n) is 2.42. The Balaban J connectivity index is 1.71.